The summed E-state index contributed by atoms with van der Waals surface area (Å²) in [5.74, 6) is 1.03. The molecule has 0 amide bonds. The molecule has 0 aliphatic heterocycles. The van der Waals surface area contributed by atoms with E-state index in [2.05, 4.69) is 56.1 Å². The summed E-state index contributed by atoms with van der Waals surface area (Å²) in [4.78, 5) is 11.8. The van der Waals surface area contributed by atoms with E-state index in [1.165, 1.54) is 25.5 Å². The summed E-state index contributed by atoms with van der Waals surface area (Å²) in [7, 11) is 0. The van der Waals surface area contributed by atoms with E-state index in [1.807, 2.05) is 23.6 Å². The summed E-state index contributed by atoms with van der Waals surface area (Å²) in [6.45, 7) is 6.76. The van der Waals surface area contributed by atoms with E-state index in [1.54, 1.807) is 11.3 Å². The predicted molar refractivity (Wildman–Crippen MR) is 105 cm³/mol. The Morgan fingerprint density at radius 1 is 1.04 bits per heavy atom. The van der Waals surface area contributed by atoms with Gasteiger partial charge in [-0.3, -0.25) is 0 Å². The Balaban J connectivity index is 1.60. The Morgan fingerprint density at radius 2 is 1.92 bits per heavy atom. The zero-order valence-electron chi connectivity index (χ0n) is 14.1. The van der Waals surface area contributed by atoms with Crippen LogP contribution in [0.4, 0.5) is 0 Å². The van der Waals surface area contributed by atoms with Crippen LogP contribution in [0, 0.1) is 0 Å². The summed E-state index contributed by atoms with van der Waals surface area (Å²) in [6.07, 6.45) is 2.86. The van der Waals surface area contributed by atoms with Crippen LogP contribution in [0.25, 0.3) is 20.4 Å². The van der Waals surface area contributed by atoms with E-state index >= 15 is 0 Å². The average Bonchev–Trinajstić information content (AvgIpc) is 3.17. The number of rotatable bonds is 4. The fraction of sp³-hybridized carbons (Fsp3) is 0.300. The van der Waals surface area contributed by atoms with Crippen molar-refractivity contribution in [2.24, 2.45) is 0 Å². The average molecular weight is 353 g/mol. The van der Waals surface area contributed by atoms with Crippen LogP contribution in [-0.2, 0) is 6.42 Å². The third-order valence-corrected chi connectivity index (χ3v) is 6.73. The highest BCUT2D eigenvalue weighted by Gasteiger charge is 2.14. The largest absolute Gasteiger partial charge is 0.245 e. The topological polar surface area (TPSA) is 25.8 Å². The molecule has 4 rings (SSSR count). The zero-order valence-corrected chi connectivity index (χ0v) is 15.7. The zero-order chi connectivity index (χ0) is 16.7. The first-order valence-electron chi connectivity index (χ1n) is 8.34. The fourth-order valence-corrected chi connectivity index (χ4v) is 5.13. The van der Waals surface area contributed by atoms with Crippen LogP contribution in [0.1, 0.15) is 48.1 Å². The first-order chi connectivity index (χ1) is 11.6. The highest BCUT2D eigenvalue weighted by atomic mass is 32.1. The molecule has 0 saturated heterocycles. The van der Waals surface area contributed by atoms with Crippen molar-refractivity contribution in [1.82, 2.24) is 9.97 Å². The lowest BCUT2D eigenvalue weighted by Gasteiger charge is -2.05. The van der Waals surface area contributed by atoms with Gasteiger partial charge in [0.05, 0.1) is 15.2 Å². The van der Waals surface area contributed by atoms with Gasteiger partial charge in [-0.1, -0.05) is 32.9 Å². The minimum absolute atomic E-state index is 0.467. The normalized spacial score (nSPS) is 13.2. The van der Waals surface area contributed by atoms with Gasteiger partial charge in [0.2, 0.25) is 0 Å². The van der Waals surface area contributed by atoms with Gasteiger partial charge in [-0.25, -0.2) is 9.97 Å². The molecule has 0 spiro atoms. The number of aromatic nitrogens is 2. The number of thiophene rings is 1. The second-order valence-corrected chi connectivity index (χ2v) is 8.82. The Labute approximate surface area is 150 Å². The molecule has 4 aromatic rings. The summed E-state index contributed by atoms with van der Waals surface area (Å²) >= 11 is 3.64. The van der Waals surface area contributed by atoms with Crippen molar-refractivity contribution < 1.29 is 0 Å². The van der Waals surface area contributed by atoms with Gasteiger partial charge in [0.15, 0.2) is 0 Å². The van der Waals surface area contributed by atoms with Crippen LogP contribution in [-0.4, -0.2) is 9.97 Å². The molecule has 122 valence electrons. The minimum Gasteiger partial charge on any atom is -0.245 e. The van der Waals surface area contributed by atoms with E-state index in [-0.39, 0.29) is 0 Å². The monoisotopic (exact) mass is 352 g/mol. The van der Waals surface area contributed by atoms with E-state index in [4.69, 9.17) is 4.98 Å². The van der Waals surface area contributed by atoms with E-state index in [9.17, 15) is 0 Å². The van der Waals surface area contributed by atoms with E-state index in [0.717, 1.165) is 16.8 Å². The number of thiazole rings is 1. The molecule has 0 N–H and O–H groups in total. The Morgan fingerprint density at radius 3 is 2.71 bits per heavy atom. The summed E-state index contributed by atoms with van der Waals surface area (Å²) in [6, 6.07) is 13.1. The molecule has 0 aliphatic rings. The number of benzene rings is 1. The van der Waals surface area contributed by atoms with Crippen LogP contribution in [0.5, 0.6) is 0 Å². The maximum atomic E-state index is 4.84. The SMILES string of the molecule is CC(C)c1ccc2nc(CC(C)c3cc4cccnc4s3)sc2c1. The van der Waals surface area contributed by atoms with Crippen LogP contribution < -0.4 is 0 Å². The van der Waals surface area contributed by atoms with Crippen molar-refractivity contribution in [1.29, 1.82) is 0 Å². The third-order valence-electron chi connectivity index (χ3n) is 4.40. The van der Waals surface area contributed by atoms with Crippen molar-refractivity contribution in [3.05, 3.63) is 58.0 Å². The van der Waals surface area contributed by atoms with Crippen LogP contribution in [0.3, 0.4) is 0 Å². The highest BCUT2D eigenvalue weighted by molar-refractivity contribution is 7.19. The van der Waals surface area contributed by atoms with Crippen molar-refractivity contribution >= 4 is 43.1 Å². The number of hydrogen-bond donors (Lipinski definition) is 0. The molecule has 3 aromatic heterocycles. The van der Waals surface area contributed by atoms with Crippen LogP contribution in [0.15, 0.2) is 42.6 Å². The molecular weight excluding hydrogens is 332 g/mol. The number of hydrogen-bond acceptors (Lipinski definition) is 4. The van der Waals surface area contributed by atoms with Gasteiger partial charge in [0.25, 0.3) is 0 Å². The fourth-order valence-electron chi connectivity index (χ4n) is 2.93. The number of pyridine rings is 1. The molecule has 0 saturated carbocycles. The maximum absolute atomic E-state index is 4.84. The molecule has 0 radical (unpaired) electrons. The van der Waals surface area contributed by atoms with Crippen molar-refractivity contribution in [2.75, 3.05) is 0 Å². The van der Waals surface area contributed by atoms with Crippen molar-refractivity contribution in [3.63, 3.8) is 0 Å². The lowest BCUT2D eigenvalue weighted by molar-refractivity contribution is 0.771. The molecule has 0 aliphatic carbocycles. The van der Waals surface area contributed by atoms with Gasteiger partial charge in [0, 0.05) is 22.9 Å². The number of nitrogens with zero attached hydrogens (tertiary/aromatic N) is 2. The molecule has 1 unspecified atom stereocenters. The molecule has 4 heteroatoms. The lowest BCUT2D eigenvalue weighted by atomic mass is 10.0. The smallest absolute Gasteiger partial charge is 0.123 e. The summed E-state index contributed by atoms with van der Waals surface area (Å²) < 4.78 is 1.31. The van der Waals surface area contributed by atoms with Gasteiger partial charge in [0.1, 0.15) is 4.83 Å². The minimum atomic E-state index is 0.467. The van der Waals surface area contributed by atoms with Gasteiger partial charge >= 0.3 is 0 Å². The first kappa shape index (κ1) is 15.7. The van der Waals surface area contributed by atoms with Gasteiger partial charge in [-0.05, 0) is 41.7 Å². The molecule has 0 fully saturated rings. The maximum Gasteiger partial charge on any atom is 0.123 e. The third kappa shape index (κ3) is 2.96. The molecule has 1 atom stereocenters. The Hall–Kier alpha value is -1.78. The second-order valence-electron chi connectivity index (χ2n) is 6.64. The van der Waals surface area contributed by atoms with Gasteiger partial charge in [-0.15, -0.1) is 22.7 Å². The van der Waals surface area contributed by atoms with Gasteiger partial charge in [-0.2, -0.15) is 0 Å². The Kier molecular flexibility index (Phi) is 4.10. The molecule has 2 nitrogen and oxygen atoms in total. The quantitative estimate of drug-likeness (QED) is 0.426. The van der Waals surface area contributed by atoms with Crippen molar-refractivity contribution in [3.8, 4) is 0 Å². The van der Waals surface area contributed by atoms with Crippen molar-refractivity contribution in [2.45, 2.75) is 39.0 Å². The second kappa shape index (κ2) is 6.26. The van der Waals surface area contributed by atoms with Crippen LogP contribution >= 0.6 is 22.7 Å². The molecule has 0 bridgehead atoms. The Bertz CT molecular complexity index is 964. The standard InChI is InChI=1S/C20H20N2S2/c1-12(2)14-6-7-16-18(10-14)23-19(22-16)9-13(3)17-11-15-5-4-8-21-20(15)24-17/h4-8,10-13H,9H2,1-3H3. The van der Waals surface area contributed by atoms with Gasteiger partial charge < -0.3 is 0 Å². The summed E-state index contributed by atoms with van der Waals surface area (Å²) in [5, 5.41) is 2.47. The predicted octanol–water partition coefficient (Wildman–Crippen LogP) is 6.38. The lowest BCUT2D eigenvalue weighted by Crippen LogP contribution is -1.95. The highest BCUT2D eigenvalue weighted by Crippen LogP contribution is 2.33. The van der Waals surface area contributed by atoms with Crippen LogP contribution in [0.2, 0.25) is 0 Å². The molecule has 3 heterocycles. The first-order valence-corrected chi connectivity index (χ1v) is 9.97. The molecule has 1 aromatic carbocycles. The molecule has 24 heavy (non-hydrogen) atoms. The van der Waals surface area contributed by atoms with E-state index in [0.29, 0.717) is 11.8 Å². The number of fused-ring (bicyclic) bond motifs is 2. The summed E-state index contributed by atoms with van der Waals surface area (Å²) in [5.41, 5.74) is 2.52. The van der Waals surface area contributed by atoms with E-state index < -0.39 is 0 Å². The molecular formula is C20H20N2S2.